The lowest BCUT2D eigenvalue weighted by molar-refractivity contribution is 0.0531. The van der Waals surface area contributed by atoms with E-state index in [1.165, 1.54) is 7.11 Å². The molecule has 0 aliphatic carbocycles. The number of aromatic nitrogens is 1. The number of nitrogens with one attached hydrogen (secondary N) is 1. The first kappa shape index (κ1) is 11.7. The Morgan fingerprint density at radius 1 is 1.60 bits per heavy atom. The molecular weight excluding hydrogens is 220 g/mol. The van der Waals surface area contributed by atoms with E-state index in [2.05, 4.69) is 15.3 Å². The lowest BCUT2D eigenvalue weighted by Crippen LogP contribution is -2.23. The molecule has 0 radical (unpaired) electrons. The normalized spacial score (nSPS) is 9.80. The molecule has 0 fully saturated rings. The molecule has 1 heterocycles. The number of amides is 1. The molecule has 0 saturated heterocycles. The summed E-state index contributed by atoms with van der Waals surface area (Å²) in [5.74, 6) is -0.160. The summed E-state index contributed by atoms with van der Waals surface area (Å²) in [5.41, 5.74) is 2.20. The van der Waals surface area contributed by atoms with Gasteiger partial charge < -0.3 is 4.74 Å². The number of carbonyl (C=O) groups is 1. The first-order chi connectivity index (χ1) is 7.19. The highest BCUT2D eigenvalue weighted by Crippen LogP contribution is 2.17. The van der Waals surface area contributed by atoms with Crippen LogP contribution in [-0.2, 0) is 4.84 Å². The van der Waals surface area contributed by atoms with Crippen LogP contribution in [0.4, 0.5) is 0 Å². The van der Waals surface area contributed by atoms with Crippen LogP contribution in [0.2, 0.25) is 5.02 Å². The van der Waals surface area contributed by atoms with Gasteiger partial charge in [0, 0.05) is 6.07 Å². The number of nitrogens with zero attached hydrogens (tertiary/aromatic N) is 1. The third-order valence-electron chi connectivity index (χ3n) is 1.52. The molecule has 0 unspecified atom stereocenters. The number of rotatable bonds is 4. The Bertz CT molecular complexity index is 357. The summed E-state index contributed by atoms with van der Waals surface area (Å²) < 4.78 is 5.14. The first-order valence-corrected chi connectivity index (χ1v) is 4.69. The van der Waals surface area contributed by atoms with Gasteiger partial charge in [-0.25, -0.2) is 10.5 Å². The highest BCUT2D eigenvalue weighted by molar-refractivity contribution is 6.33. The molecule has 1 amide bonds. The maximum Gasteiger partial charge on any atom is 0.295 e. The van der Waals surface area contributed by atoms with Crippen LogP contribution in [0.5, 0.6) is 5.88 Å². The minimum absolute atomic E-state index is 0.0736. The van der Waals surface area contributed by atoms with Gasteiger partial charge in [-0.05, 0) is 13.0 Å². The number of hydrogen-bond acceptors (Lipinski definition) is 4. The summed E-state index contributed by atoms with van der Waals surface area (Å²) in [4.78, 5) is 19.8. The van der Waals surface area contributed by atoms with Crippen molar-refractivity contribution in [3.05, 3.63) is 22.8 Å². The molecule has 82 valence electrons. The molecule has 0 saturated carbocycles. The lowest BCUT2D eigenvalue weighted by Gasteiger charge is -2.06. The van der Waals surface area contributed by atoms with Crippen molar-refractivity contribution >= 4 is 17.5 Å². The fourth-order valence-corrected chi connectivity index (χ4v) is 1.14. The Labute approximate surface area is 92.3 Å². The zero-order valence-electron chi connectivity index (χ0n) is 8.41. The lowest BCUT2D eigenvalue weighted by atomic mass is 10.3. The Hall–Kier alpha value is -1.33. The summed E-state index contributed by atoms with van der Waals surface area (Å²) in [6.07, 6.45) is 0. The number of hydrogen-bond donors (Lipinski definition) is 1. The number of halogens is 1. The van der Waals surface area contributed by atoms with Gasteiger partial charge in [-0.15, -0.1) is 0 Å². The SMILES string of the molecule is CCOc1ccc(Cl)c(C(=O)NOC)n1. The van der Waals surface area contributed by atoms with E-state index in [4.69, 9.17) is 16.3 Å². The maximum absolute atomic E-state index is 11.4. The highest BCUT2D eigenvalue weighted by Gasteiger charge is 2.13. The van der Waals surface area contributed by atoms with E-state index < -0.39 is 5.91 Å². The molecule has 1 aromatic heterocycles. The van der Waals surface area contributed by atoms with Gasteiger partial charge in [0.15, 0.2) is 5.69 Å². The standard InChI is InChI=1S/C9H11ClN2O3/c1-3-15-7-5-4-6(10)8(11-7)9(13)12-14-2/h4-5H,3H2,1-2H3,(H,12,13). The Balaban J connectivity index is 2.94. The molecule has 15 heavy (non-hydrogen) atoms. The molecule has 0 aliphatic heterocycles. The second kappa shape index (κ2) is 5.53. The van der Waals surface area contributed by atoms with Crippen LogP contribution < -0.4 is 10.2 Å². The molecule has 1 N–H and O–H groups in total. The van der Waals surface area contributed by atoms with Gasteiger partial charge >= 0.3 is 0 Å². The van der Waals surface area contributed by atoms with Crippen LogP contribution in [0.25, 0.3) is 0 Å². The molecule has 0 aromatic carbocycles. The minimum Gasteiger partial charge on any atom is -0.478 e. The van der Waals surface area contributed by atoms with E-state index in [9.17, 15) is 4.79 Å². The number of pyridine rings is 1. The largest absolute Gasteiger partial charge is 0.478 e. The number of carbonyl (C=O) groups excluding carboxylic acids is 1. The van der Waals surface area contributed by atoms with Crippen LogP contribution in [0, 0.1) is 0 Å². The van der Waals surface area contributed by atoms with Crippen molar-refractivity contribution in [2.24, 2.45) is 0 Å². The van der Waals surface area contributed by atoms with E-state index >= 15 is 0 Å². The Morgan fingerprint density at radius 2 is 2.33 bits per heavy atom. The summed E-state index contributed by atoms with van der Waals surface area (Å²) in [5, 5.41) is 0.244. The predicted molar refractivity (Wildman–Crippen MR) is 54.9 cm³/mol. The molecule has 5 nitrogen and oxygen atoms in total. The van der Waals surface area contributed by atoms with Crippen molar-refractivity contribution in [2.45, 2.75) is 6.92 Å². The van der Waals surface area contributed by atoms with Crippen molar-refractivity contribution < 1.29 is 14.4 Å². The zero-order chi connectivity index (χ0) is 11.3. The molecule has 0 atom stereocenters. The van der Waals surface area contributed by atoms with Crippen molar-refractivity contribution in [3.63, 3.8) is 0 Å². The predicted octanol–water partition coefficient (Wildman–Crippen LogP) is 1.42. The molecule has 0 spiro atoms. The average molecular weight is 231 g/mol. The highest BCUT2D eigenvalue weighted by atomic mass is 35.5. The Morgan fingerprint density at radius 3 is 2.93 bits per heavy atom. The van der Waals surface area contributed by atoms with Gasteiger partial charge in [0.05, 0.1) is 18.7 Å². The van der Waals surface area contributed by atoms with Gasteiger partial charge in [0.1, 0.15) is 0 Å². The number of hydroxylamine groups is 1. The third kappa shape index (κ3) is 3.07. The topological polar surface area (TPSA) is 60.5 Å². The fourth-order valence-electron chi connectivity index (χ4n) is 0.953. The first-order valence-electron chi connectivity index (χ1n) is 4.31. The fraction of sp³-hybridized carbons (Fsp3) is 0.333. The van der Waals surface area contributed by atoms with Gasteiger partial charge in [0.25, 0.3) is 5.91 Å². The van der Waals surface area contributed by atoms with Crippen LogP contribution in [0.3, 0.4) is 0 Å². The molecule has 1 rings (SSSR count). The number of ether oxygens (including phenoxy) is 1. The summed E-state index contributed by atoms with van der Waals surface area (Å²) in [6.45, 7) is 2.30. The second-order valence-corrected chi connectivity index (χ2v) is 2.96. The van der Waals surface area contributed by atoms with Crippen LogP contribution >= 0.6 is 11.6 Å². The zero-order valence-corrected chi connectivity index (χ0v) is 9.17. The maximum atomic E-state index is 11.4. The van der Waals surface area contributed by atoms with Crippen molar-refractivity contribution in [3.8, 4) is 5.88 Å². The third-order valence-corrected chi connectivity index (χ3v) is 1.83. The van der Waals surface area contributed by atoms with Crippen molar-refractivity contribution in [2.75, 3.05) is 13.7 Å². The van der Waals surface area contributed by atoms with E-state index in [1.807, 2.05) is 6.92 Å². The average Bonchev–Trinajstić information content (AvgIpc) is 2.21. The Kier molecular flexibility index (Phi) is 4.33. The molecule has 1 aromatic rings. The van der Waals surface area contributed by atoms with E-state index in [-0.39, 0.29) is 10.7 Å². The van der Waals surface area contributed by atoms with Crippen LogP contribution in [0.15, 0.2) is 12.1 Å². The molecule has 0 bridgehead atoms. The molecular formula is C9H11ClN2O3. The van der Waals surface area contributed by atoms with E-state index in [0.717, 1.165) is 0 Å². The second-order valence-electron chi connectivity index (χ2n) is 2.55. The molecule has 0 aliphatic rings. The summed E-state index contributed by atoms with van der Waals surface area (Å²) in [6, 6.07) is 3.14. The van der Waals surface area contributed by atoms with E-state index in [1.54, 1.807) is 12.1 Å². The van der Waals surface area contributed by atoms with E-state index in [0.29, 0.717) is 12.5 Å². The van der Waals surface area contributed by atoms with Crippen LogP contribution in [-0.4, -0.2) is 24.6 Å². The van der Waals surface area contributed by atoms with Gasteiger partial charge in [-0.2, -0.15) is 0 Å². The quantitative estimate of drug-likeness (QED) is 0.795. The van der Waals surface area contributed by atoms with Crippen molar-refractivity contribution in [1.29, 1.82) is 0 Å². The van der Waals surface area contributed by atoms with Gasteiger partial charge in [-0.3, -0.25) is 9.63 Å². The summed E-state index contributed by atoms with van der Waals surface area (Å²) in [7, 11) is 1.33. The monoisotopic (exact) mass is 230 g/mol. The van der Waals surface area contributed by atoms with Crippen LogP contribution in [0.1, 0.15) is 17.4 Å². The smallest absolute Gasteiger partial charge is 0.295 e. The van der Waals surface area contributed by atoms with Gasteiger partial charge in [0.2, 0.25) is 5.88 Å². The van der Waals surface area contributed by atoms with Crippen molar-refractivity contribution in [1.82, 2.24) is 10.5 Å². The molecule has 6 heteroatoms. The minimum atomic E-state index is -0.510. The van der Waals surface area contributed by atoms with Gasteiger partial charge in [-0.1, -0.05) is 11.6 Å². The summed E-state index contributed by atoms with van der Waals surface area (Å²) >= 11 is 5.79.